The van der Waals surface area contributed by atoms with E-state index in [2.05, 4.69) is 16.0 Å². The molecule has 2 aromatic rings. The molecule has 132 valence electrons. The summed E-state index contributed by atoms with van der Waals surface area (Å²) in [5.41, 5.74) is 2.09. The number of carbonyl (C=O) groups excluding carboxylic acids is 2. The summed E-state index contributed by atoms with van der Waals surface area (Å²) in [4.78, 5) is 23.5. The molecule has 3 N–H and O–H groups in total. The highest BCUT2D eigenvalue weighted by Gasteiger charge is 2.05. The predicted octanol–water partition coefficient (Wildman–Crippen LogP) is 3.48. The summed E-state index contributed by atoms with van der Waals surface area (Å²) in [6.45, 7) is 4.42. The summed E-state index contributed by atoms with van der Waals surface area (Å²) >= 11 is 0. The van der Waals surface area contributed by atoms with E-state index in [1.807, 2.05) is 31.2 Å². The second-order valence-electron chi connectivity index (χ2n) is 5.35. The molecule has 2 aromatic carbocycles. The first kappa shape index (κ1) is 18.3. The number of carbonyl (C=O) groups is 2. The molecule has 0 atom stereocenters. The molecule has 2 rings (SSSR count). The number of nitrogens with one attached hydrogen (secondary N) is 3. The molecule has 25 heavy (non-hydrogen) atoms. The van der Waals surface area contributed by atoms with Crippen LogP contribution in [0.5, 0.6) is 5.75 Å². The Kier molecular flexibility index (Phi) is 6.83. The molecule has 6 nitrogen and oxygen atoms in total. The Morgan fingerprint density at radius 3 is 2.20 bits per heavy atom. The molecule has 0 aromatic heterocycles. The van der Waals surface area contributed by atoms with E-state index in [0.717, 1.165) is 11.4 Å². The lowest BCUT2D eigenvalue weighted by Crippen LogP contribution is -2.21. The highest BCUT2D eigenvalue weighted by Crippen LogP contribution is 2.18. The largest absolute Gasteiger partial charge is 0.494 e. The van der Waals surface area contributed by atoms with Crippen molar-refractivity contribution in [3.63, 3.8) is 0 Å². The Labute approximate surface area is 147 Å². The summed E-state index contributed by atoms with van der Waals surface area (Å²) in [5.74, 6) is 0.507. The van der Waals surface area contributed by atoms with Crippen LogP contribution in [0.25, 0.3) is 0 Å². The third kappa shape index (κ3) is 6.18. The van der Waals surface area contributed by atoms with Crippen LogP contribution in [0, 0.1) is 0 Å². The minimum atomic E-state index is -0.180. The van der Waals surface area contributed by atoms with Gasteiger partial charge in [-0.1, -0.05) is 19.1 Å². The lowest BCUT2D eigenvalue weighted by molar-refractivity contribution is -0.116. The third-order valence-corrected chi connectivity index (χ3v) is 3.35. The molecular weight excluding hydrogens is 318 g/mol. The molecule has 0 aliphatic carbocycles. The quantitative estimate of drug-likeness (QED) is 0.687. The van der Waals surface area contributed by atoms with Gasteiger partial charge in [-0.05, 0) is 37.3 Å². The van der Waals surface area contributed by atoms with Crippen LogP contribution in [0.15, 0.2) is 48.5 Å². The zero-order chi connectivity index (χ0) is 18.1. The van der Waals surface area contributed by atoms with Crippen LogP contribution in [-0.2, 0) is 9.59 Å². The average Bonchev–Trinajstić information content (AvgIpc) is 2.61. The van der Waals surface area contributed by atoms with Gasteiger partial charge >= 0.3 is 0 Å². The molecule has 0 fully saturated rings. The van der Waals surface area contributed by atoms with E-state index in [1.54, 1.807) is 31.2 Å². The number of benzene rings is 2. The Morgan fingerprint density at radius 2 is 1.52 bits per heavy atom. The average molecular weight is 341 g/mol. The van der Waals surface area contributed by atoms with Gasteiger partial charge in [0.1, 0.15) is 5.75 Å². The first-order chi connectivity index (χ1) is 12.1. The summed E-state index contributed by atoms with van der Waals surface area (Å²) in [5, 5.41) is 8.62. The van der Waals surface area contributed by atoms with Crippen molar-refractivity contribution in [2.45, 2.75) is 20.3 Å². The van der Waals surface area contributed by atoms with E-state index in [4.69, 9.17) is 4.74 Å². The van der Waals surface area contributed by atoms with Gasteiger partial charge in [-0.15, -0.1) is 0 Å². The summed E-state index contributed by atoms with van der Waals surface area (Å²) < 4.78 is 5.43. The number of anilines is 3. The SMILES string of the molecule is CCOc1cccc(NCC(=O)Nc2cccc(NC(=O)CC)c2)c1. The molecular formula is C19H23N3O3. The number of amides is 2. The fraction of sp³-hybridized carbons (Fsp3) is 0.263. The molecule has 0 spiro atoms. The summed E-state index contributed by atoms with van der Waals surface area (Å²) in [6.07, 6.45) is 0.404. The van der Waals surface area contributed by atoms with Crippen LogP contribution in [0.2, 0.25) is 0 Å². The highest BCUT2D eigenvalue weighted by molar-refractivity contribution is 5.95. The van der Waals surface area contributed by atoms with E-state index >= 15 is 0 Å². The molecule has 0 heterocycles. The zero-order valence-electron chi connectivity index (χ0n) is 14.5. The molecule has 0 aliphatic rings. The Balaban J connectivity index is 1.89. The smallest absolute Gasteiger partial charge is 0.243 e. The topological polar surface area (TPSA) is 79.5 Å². The normalized spacial score (nSPS) is 10.0. The number of rotatable bonds is 8. The minimum absolute atomic E-state index is 0.0701. The van der Waals surface area contributed by atoms with Gasteiger partial charge < -0.3 is 20.7 Å². The molecule has 0 unspecified atom stereocenters. The third-order valence-electron chi connectivity index (χ3n) is 3.35. The molecule has 2 amide bonds. The molecule has 0 bridgehead atoms. The van der Waals surface area contributed by atoms with Crippen LogP contribution in [0.1, 0.15) is 20.3 Å². The maximum Gasteiger partial charge on any atom is 0.243 e. The fourth-order valence-corrected chi connectivity index (χ4v) is 2.17. The molecule has 0 saturated heterocycles. The van der Waals surface area contributed by atoms with Crippen LogP contribution in [-0.4, -0.2) is 25.0 Å². The van der Waals surface area contributed by atoms with Crippen molar-refractivity contribution in [2.75, 3.05) is 29.1 Å². The van der Waals surface area contributed by atoms with Crippen LogP contribution >= 0.6 is 0 Å². The van der Waals surface area contributed by atoms with Gasteiger partial charge in [-0.3, -0.25) is 9.59 Å². The van der Waals surface area contributed by atoms with Crippen molar-refractivity contribution in [1.82, 2.24) is 0 Å². The molecule has 0 aliphatic heterocycles. The van der Waals surface area contributed by atoms with Gasteiger partial charge in [0.25, 0.3) is 0 Å². The van der Waals surface area contributed by atoms with E-state index in [-0.39, 0.29) is 18.4 Å². The van der Waals surface area contributed by atoms with Crippen molar-refractivity contribution in [3.8, 4) is 5.75 Å². The first-order valence-corrected chi connectivity index (χ1v) is 8.27. The maximum absolute atomic E-state index is 12.1. The van der Waals surface area contributed by atoms with Gasteiger partial charge in [-0.2, -0.15) is 0 Å². The maximum atomic E-state index is 12.1. The Morgan fingerprint density at radius 1 is 0.880 bits per heavy atom. The molecule has 6 heteroatoms. The molecule has 0 saturated carbocycles. The van der Waals surface area contributed by atoms with Crippen molar-refractivity contribution < 1.29 is 14.3 Å². The lowest BCUT2D eigenvalue weighted by Gasteiger charge is -2.10. The zero-order valence-corrected chi connectivity index (χ0v) is 14.5. The minimum Gasteiger partial charge on any atom is -0.494 e. The van der Waals surface area contributed by atoms with Crippen LogP contribution < -0.4 is 20.7 Å². The van der Waals surface area contributed by atoms with Crippen molar-refractivity contribution >= 4 is 28.9 Å². The number of hydrogen-bond acceptors (Lipinski definition) is 4. The van der Waals surface area contributed by atoms with Crippen LogP contribution in [0.3, 0.4) is 0 Å². The van der Waals surface area contributed by atoms with E-state index < -0.39 is 0 Å². The number of hydrogen-bond donors (Lipinski definition) is 3. The van der Waals surface area contributed by atoms with Gasteiger partial charge in [0.05, 0.1) is 13.2 Å². The summed E-state index contributed by atoms with van der Waals surface area (Å²) in [7, 11) is 0. The van der Waals surface area contributed by atoms with Crippen molar-refractivity contribution in [3.05, 3.63) is 48.5 Å². The van der Waals surface area contributed by atoms with Gasteiger partial charge in [-0.25, -0.2) is 0 Å². The number of ether oxygens (including phenoxy) is 1. The van der Waals surface area contributed by atoms with Crippen molar-refractivity contribution in [2.24, 2.45) is 0 Å². The van der Waals surface area contributed by atoms with E-state index in [9.17, 15) is 9.59 Å². The molecule has 0 radical (unpaired) electrons. The van der Waals surface area contributed by atoms with E-state index in [1.165, 1.54) is 0 Å². The van der Waals surface area contributed by atoms with Gasteiger partial charge in [0, 0.05) is 29.5 Å². The van der Waals surface area contributed by atoms with Gasteiger partial charge in [0.15, 0.2) is 0 Å². The lowest BCUT2D eigenvalue weighted by atomic mass is 10.2. The summed E-state index contributed by atoms with van der Waals surface area (Å²) in [6, 6.07) is 14.5. The first-order valence-electron chi connectivity index (χ1n) is 8.27. The van der Waals surface area contributed by atoms with Gasteiger partial charge in [0.2, 0.25) is 11.8 Å². The standard InChI is InChI=1S/C19H23N3O3/c1-3-18(23)21-15-8-5-9-16(11-15)22-19(24)13-20-14-7-6-10-17(12-14)25-4-2/h5-12,20H,3-4,13H2,1-2H3,(H,21,23)(H,22,24). The predicted molar refractivity (Wildman–Crippen MR) is 100 cm³/mol. The monoisotopic (exact) mass is 341 g/mol. The Hall–Kier alpha value is -3.02. The van der Waals surface area contributed by atoms with E-state index in [0.29, 0.717) is 24.4 Å². The second kappa shape index (κ2) is 9.32. The highest BCUT2D eigenvalue weighted by atomic mass is 16.5. The van der Waals surface area contributed by atoms with Crippen molar-refractivity contribution in [1.29, 1.82) is 0 Å². The fourth-order valence-electron chi connectivity index (χ4n) is 2.17. The second-order valence-corrected chi connectivity index (χ2v) is 5.35. The van der Waals surface area contributed by atoms with Crippen LogP contribution in [0.4, 0.5) is 17.1 Å². The Bertz CT molecular complexity index is 731.